The summed E-state index contributed by atoms with van der Waals surface area (Å²) in [7, 11) is 0. The van der Waals surface area contributed by atoms with E-state index in [4.69, 9.17) is 0 Å². The van der Waals surface area contributed by atoms with E-state index >= 15 is 0 Å². The van der Waals surface area contributed by atoms with Crippen molar-refractivity contribution in [2.45, 2.75) is 24.6 Å². The van der Waals surface area contributed by atoms with Crippen molar-refractivity contribution in [2.75, 3.05) is 13.1 Å². The van der Waals surface area contributed by atoms with Gasteiger partial charge in [-0.25, -0.2) is 0 Å². The smallest absolute Gasteiger partial charge is 0.0234 e. The Morgan fingerprint density at radius 1 is 1.29 bits per heavy atom. The third-order valence-corrected chi connectivity index (χ3v) is 3.15. The van der Waals surface area contributed by atoms with Crippen LogP contribution in [0.15, 0.2) is 30.3 Å². The lowest BCUT2D eigenvalue weighted by Gasteiger charge is -2.30. The maximum atomic E-state index is 4.55. The van der Waals surface area contributed by atoms with Crippen LogP contribution in [0.4, 0.5) is 0 Å². The number of hydrogen-bond acceptors (Lipinski definition) is 2. The van der Waals surface area contributed by atoms with Crippen molar-refractivity contribution in [3.63, 3.8) is 0 Å². The summed E-state index contributed by atoms with van der Waals surface area (Å²) in [6, 6.07) is 10.7. The summed E-state index contributed by atoms with van der Waals surface area (Å²) in [6.45, 7) is 3.45. The molecule has 1 aliphatic rings. The predicted octanol–water partition coefficient (Wildman–Crippen LogP) is 2.58. The van der Waals surface area contributed by atoms with Crippen LogP contribution in [0.3, 0.4) is 0 Å². The molecule has 0 N–H and O–H groups in total. The SMILES string of the molecule is S[C@H]1CCCN(Cc2ccccc2)C1. The van der Waals surface area contributed by atoms with Crippen LogP contribution in [-0.4, -0.2) is 23.2 Å². The third kappa shape index (κ3) is 2.76. The van der Waals surface area contributed by atoms with Gasteiger partial charge in [-0.2, -0.15) is 12.6 Å². The summed E-state index contributed by atoms with van der Waals surface area (Å²) < 4.78 is 0. The number of piperidine rings is 1. The molecule has 0 unspecified atom stereocenters. The molecular weight excluding hydrogens is 190 g/mol. The van der Waals surface area contributed by atoms with E-state index in [1.807, 2.05) is 0 Å². The monoisotopic (exact) mass is 207 g/mol. The number of likely N-dealkylation sites (tertiary alicyclic amines) is 1. The van der Waals surface area contributed by atoms with E-state index in [0.29, 0.717) is 5.25 Å². The van der Waals surface area contributed by atoms with Crippen molar-refractivity contribution in [1.82, 2.24) is 4.90 Å². The zero-order valence-electron chi connectivity index (χ0n) is 8.39. The van der Waals surface area contributed by atoms with Gasteiger partial charge in [-0.3, -0.25) is 4.90 Å². The van der Waals surface area contributed by atoms with E-state index in [1.54, 1.807) is 0 Å². The van der Waals surface area contributed by atoms with Gasteiger partial charge in [0, 0.05) is 18.3 Å². The Balaban J connectivity index is 1.91. The van der Waals surface area contributed by atoms with Crippen LogP contribution in [0.25, 0.3) is 0 Å². The summed E-state index contributed by atoms with van der Waals surface area (Å²) in [5.41, 5.74) is 1.41. The minimum Gasteiger partial charge on any atom is -0.298 e. The Labute approximate surface area is 91.5 Å². The molecule has 1 aromatic carbocycles. The maximum Gasteiger partial charge on any atom is 0.0234 e. The second-order valence-corrected chi connectivity index (χ2v) is 4.75. The van der Waals surface area contributed by atoms with Gasteiger partial charge in [0.2, 0.25) is 0 Å². The fourth-order valence-electron chi connectivity index (χ4n) is 2.02. The van der Waals surface area contributed by atoms with Crippen LogP contribution in [0.1, 0.15) is 18.4 Å². The molecule has 0 radical (unpaired) electrons. The van der Waals surface area contributed by atoms with Crippen LogP contribution in [0.5, 0.6) is 0 Å². The Morgan fingerprint density at radius 2 is 2.07 bits per heavy atom. The van der Waals surface area contributed by atoms with Gasteiger partial charge >= 0.3 is 0 Å². The molecule has 1 aromatic rings. The average Bonchev–Trinajstić information content (AvgIpc) is 2.19. The minimum atomic E-state index is 0.576. The van der Waals surface area contributed by atoms with Crippen LogP contribution < -0.4 is 0 Å². The molecule has 0 saturated carbocycles. The molecule has 0 bridgehead atoms. The molecule has 14 heavy (non-hydrogen) atoms. The number of benzene rings is 1. The van der Waals surface area contributed by atoms with Crippen LogP contribution >= 0.6 is 12.6 Å². The molecule has 2 heteroatoms. The second-order valence-electron chi connectivity index (χ2n) is 4.02. The molecule has 1 heterocycles. The zero-order chi connectivity index (χ0) is 9.80. The first kappa shape index (κ1) is 10.1. The van der Waals surface area contributed by atoms with Gasteiger partial charge in [0.25, 0.3) is 0 Å². The van der Waals surface area contributed by atoms with E-state index in [-0.39, 0.29) is 0 Å². The second kappa shape index (κ2) is 4.85. The molecule has 1 fully saturated rings. The Morgan fingerprint density at radius 3 is 2.79 bits per heavy atom. The van der Waals surface area contributed by atoms with Crippen molar-refractivity contribution < 1.29 is 0 Å². The fourth-order valence-corrected chi connectivity index (χ4v) is 2.43. The van der Waals surface area contributed by atoms with Gasteiger partial charge in [-0.05, 0) is 24.9 Å². The summed E-state index contributed by atoms with van der Waals surface area (Å²) in [6.07, 6.45) is 2.56. The molecule has 2 rings (SSSR count). The topological polar surface area (TPSA) is 3.24 Å². The molecule has 0 amide bonds. The Kier molecular flexibility index (Phi) is 3.49. The Bertz CT molecular complexity index is 273. The summed E-state index contributed by atoms with van der Waals surface area (Å²) >= 11 is 4.55. The number of nitrogens with zero attached hydrogens (tertiary/aromatic N) is 1. The first-order valence-corrected chi connectivity index (χ1v) is 5.80. The molecule has 1 nitrogen and oxygen atoms in total. The van der Waals surface area contributed by atoms with E-state index in [9.17, 15) is 0 Å². The van der Waals surface area contributed by atoms with Crippen molar-refractivity contribution in [2.24, 2.45) is 0 Å². The molecule has 1 saturated heterocycles. The van der Waals surface area contributed by atoms with Crippen LogP contribution in [0, 0.1) is 0 Å². The lowest BCUT2D eigenvalue weighted by Crippen LogP contribution is -2.35. The summed E-state index contributed by atoms with van der Waals surface area (Å²) in [4.78, 5) is 2.50. The van der Waals surface area contributed by atoms with Gasteiger partial charge < -0.3 is 0 Å². The third-order valence-electron chi connectivity index (χ3n) is 2.73. The van der Waals surface area contributed by atoms with Crippen LogP contribution in [0.2, 0.25) is 0 Å². The highest BCUT2D eigenvalue weighted by Gasteiger charge is 2.16. The zero-order valence-corrected chi connectivity index (χ0v) is 9.29. The quantitative estimate of drug-likeness (QED) is 0.730. The molecule has 0 aromatic heterocycles. The van der Waals surface area contributed by atoms with Gasteiger partial charge in [-0.15, -0.1) is 0 Å². The highest BCUT2D eigenvalue weighted by molar-refractivity contribution is 7.81. The van der Waals surface area contributed by atoms with Gasteiger partial charge in [0.1, 0.15) is 0 Å². The maximum absolute atomic E-state index is 4.55. The lowest BCUT2D eigenvalue weighted by molar-refractivity contribution is 0.226. The van der Waals surface area contributed by atoms with E-state index in [1.165, 1.54) is 24.9 Å². The molecule has 1 atom stereocenters. The summed E-state index contributed by atoms with van der Waals surface area (Å²) in [5, 5.41) is 0.576. The standard InChI is InChI=1S/C12H17NS/c14-12-7-4-8-13(10-12)9-11-5-2-1-3-6-11/h1-3,5-6,12,14H,4,7-10H2/t12-/m0/s1. The molecule has 76 valence electrons. The predicted molar refractivity (Wildman–Crippen MR) is 63.7 cm³/mol. The van der Waals surface area contributed by atoms with Gasteiger partial charge in [0.05, 0.1) is 0 Å². The van der Waals surface area contributed by atoms with Crippen molar-refractivity contribution in [3.05, 3.63) is 35.9 Å². The molecular formula is C12H17NS. The highest BCUT2D eigenvalue weighted by Crippen LogP contribution is 2.16. The fraction of sp³-hybridized carbons (Fsp3) is 0.500. The normalized spacial score (nSPS) is 23.6. The molecule has 0 aliphatic carbocycles. The number of thiol groups is 1. The minimum absolute atomic E-state index is 0.576. The van der Waals surface area contributed by atoms with E-state index in [0.717, 1.165) is 13.1 Å². The van der Waals surface area contributed by atoms with E-state index < -0.39 is 0 Å². The average molecular weight is 207 g/mol. The lowest BCUT2D eigenvalue weighted by atomic mass is 10.1. The Hall–Kier alpha value is -0.470. The van der Waals surface area contributed by atoms with Crippen molar-refractivity contribution >= 4 is 12.6 Å². The van der Waals surface area contributed by atoms with Crippen molar-refractivity contribution in [1.29, 1.82) is 0 Å². The van der Waals surface area contributed by atoms with Gasteiger partial charge in [-0.1, -0.05) is 30.3 Å². The summed E-state index contributed by atoms with van der Waals surface area (Å²) in [5.74, 6) is 0. The van der Waals surface area contributed by atoms with Gasteiger partial charge in [0.15, 0.2) is 0 Å². The number of hydrogen-bond donors (Lipinski definition) is 1. The number of rotatable bonds is 2. The molecule has 0 spiro atoms. The van der Waals surface area contributed by atoms with Crippen molar-refractivity contribution in [3.8, 4) is 0 Å². The van der Waals surface area contributed by atoms with Crippen LogP contribution in [-0.2, 0) is 6.54 Å². The van der Waals surface area contributed by atoms with E-state index in [2.05, 4.69) is 47.9 Å². The molecule has 1 aliphatic heterocycles. The largest absolute Gasteiger partial charge is 0.298 e. The first-order chi connectivity index (χ1) is 6.84. The first-order valence-electron chi connectivity index (χ1n) is 5.29. The highest BCUT2D eigenvalue weighted by atomic mass is 32.1.